The van der Waals surface area contributed by atoms with Crippen LogP contribution in [-0.4, -0.2) is 12.3 Å². The molecule has 0 radical (unpaired) electrons. The first kappa shape index (κ1) is 12.0. The van der Waals surface area contributed by atoms with Crippen LogP contribution < -0.4 is 5.73 Å². The molecule has 2 rings (SSSR count). The molecule has 14 heavy (non-hydrogen) atoms. The summed E-state index contributed by atoms with van der Waals surface area (Å²) in [6.45, 7) is 6.47. The molecule has 0 bridgehead atoms. The minimum absolute atomic E-state index is 0.0168. The standard InChI is InChI=1S/C9H17NO.C3H8/c1-6-7-4-2-3-5-8(7)11-9(6)10;1-3-2/h6-9H,2-5,10H2,1H3;3H2,1-2H3. The Morgan fingerprint density at radius 1 is 1.21 bits per heavy atom. The highest BCUT2D eigenvalue weighted by molar-refractivity contribution is 4.87. The summed E-state index contributed by atoms with van der Waals surface area (Å²) in [5.41, 5.74) is 5.82. The highest BCUT2D eigenvalue weighted by Gasteiger charge is 2.40. The molecule has 0 aromatic carbocycles. The molecule has 1 aliphatic carbocycles. The average Bonchev–Trinajstić information content (AvgIpc) is 2.45. The minimum Gasteiger partial charge on any atom is -0.360 e. The van der Waals surface area contributed by atoms with Crippen molar-refractivity contribution in [2.24, 2.45) is 17.6 Å². The lowest BCUT2D eigenvalue weighted by molar-refractivity contribution is 0.0196. The maximum atomic E-state index is 5.82. The van der Waals surface area contributed by atoms with Crippen molar-refractivity contribution < 1.29 is 4.74 Å². The fraction of sp³-hybridized carbons (Fsp3) is 1.00. The van der Waals surface area contributed by atoms with Crippen molar-refractivity contribution in [1.82, 2.24) is 0 Å². The third-order valence-corrected chi connectivity index (χ3v) is 3.28. The number of hydrogen-bond acceptors (Lipinski definition) is 2. The Morgan fingerprint density at radius 2 is 1.79 bits per heavy atom. The molecule has 1 saturated carbocycles. The summed E-state index contributed by atoms with van der Waals surface area (Å²) < 4.78 is 5.66. The van der Waals surface area contributed by atoms with Gasteiger partial charge in [0.2, 0.25) is 0 Å². The molecular formula is C12H25NO. The molecule has 2 fully saturated rings. The van der Waals surface area contributed by atoms with E-state index < -0.39 is 0 Å². The molecule has 4 unspecified atom stereocenters. The van der Waals surface area contributed by atoms with Crippen LogP contribution in [0.5, 0.6) is 0 Å². The van der Waals surface area contributed by atoms with Gasteiger partial charge in [-0.3, -0.25) is 0 Å². The highest BCUT2D eigenvalue weighted by atomic mass is 16.5. The largest absolute Gasteiger partial charge is 0.360 e. The Balaban J connectivity index is 0.000000293. The van der Waals surface area contributed by atoms with E-state index in [9.17, 15) is 0 Å². The van der Waals surface area contributed by atoms with Gasteiger partial charge >= 0.3 is 0 Å². The van der Waals surface area contributed by atoms with E-state index in [4.69, 9.17) is 10.5 Å². The van der Waals surface area contributed by atoms with Crippen molar-refractivity contribution in [2.45, 2.75) is 65.2 Å². The van der Waals surface area contributed by atoms with Gasteiger partial charge in [0.05, 0.1) is 6.10 Å². The molecule has 2 N–H and O–H groups in total. The maximum Gasteiger partial charge on any atom is 0.108 e. The second-order valence-corrected chi connectivity index (χ2v) is 4.65. The molecule has 2 heteroatoms. The highest BCUT2D eigenvalue weighted by Crippen LogP contribution is 2.39. The summed E-state index contributed by atoms with van der Waals surface area (Å²) in [7, 11) is 0. The van der Waals surface area contributed by atoms with E-state index in [0.717, 1.165) is 5.92 Å². The molecular weight excluding hydrogens is 174 g/mol. The van der Waals surface area contributed by atoms with Crippen LogP contribution in [-0.2, 0) is 4.74 Å². The van der Waals surface area contributed by atoms with E-state index in [2.05, 4.69) is 20.8 Å². The first-order valence-electron chi connectivity index (χ1n) is 6.11. The van der Waals surface area contributed by atoms with Crippen LogP contribution in [0.4, 0.5) is 0 Å². The van der Waals surface area contributed by atoms with E-state index in [-0.39, 0.29) is 6.23 Å². The van der Waals surface area contributed by atoms with Gasteiger partial charge in [-0.1, -0.05) is 40.0 Å². The molecule has 0 aromatic rings. The van der Waals surface area contributed by atoms with Crippen molar-refractivity contribution in [3.05, 3.63) is 0 Å². The normalized spacial score (nSPS) is 41.1. The SMILES string of the molecule is CC1C(N)OC2CCCCC21.CCC. The van der Waals surface area contributed by atoms with Gasteiger partial charge in [0.1, 0.15) is 6.23 Å². The molecule has 0 amide bonds. The lowest BCUT2D eigenvalue weighted by Gasteiger charge is -2.25. The Bertz CT molecular complexity index is 160. The predicted molar refractivity (Wildman–Crippen MR) is 59.9 cm³/mol. The van der Waals surface area contributed by atoms with Crippen molar-refractivity contribution in [1.29, 1.82) is 0 Å². The minimum atomic E-state index is 0.0168. The number of hydrogen-bond donors (Lipinski definition) is 1. The zero-order valence-corrected chi connectivity index (χ0v) is 9.83. The lowest BCUT2D eigenvalue weighted by Crippen LogP contribution is -2.26. The van der Waals surface area contributed by atoms with Crippen molar-refractivity contribution >= 4 is 0 Å². The number of fused-ring (bicyclic) bond motifs is 1. The zero-order chi connectivity index (χ0) is 10.6. The summed E-state index contributed by atoms with van der Waals surface area (Å²) in [6.07, 6.45) is 7.04. The van der Waals surface area contributed by atoms with Gasteiger partial charge in [0, 0.05) is 5.92 Å². The van der Waals surface area contributed by atoms with Gasteiger partial charge in [-0.05, 0) is 18.8 Å². The van der Waals surface area contributed by atoms with Crippen molar-refractivity contribution in [3.8, 4) is 0 Å². The van der Waals surface area contributed by atoms with Gasteiger partial charge in [-0.25, -0.2) is 0 Å². The fourth-order valence-corrected chi connectivity index (χ4v) is 2.47. The topological polar surface area (TPSA) is 35.2 Å². The van der Waals surface area contributed by atoms with Crippen molar-refractivity contribution in [2.75, 3.05) is 0 Å². The van der Waals surface area contributed by atoms with Gasteiger partial charge < -0.3 is 10.5 Å². The van der Waals surface area contributed by atoms with E-state index in [1.807, 2.05) is 0 Å². The molecule has 1 aliphatic heterocycles. The second kappa shape index (κ2) is 5.72. The third kappa shape index (κ3) is 2.71. The maximum absolute atomic E-state index is 5.82. The molecule has 0 aromatic heterocycles. The predicted octanol–water partition coefficient (Wildman–Crippen LogP) is 2.91. The van der Waals surface area contributed by atoms with E-state index in [1.54, 1.807) is 0 Å². The Kier molecular flexibility index (Phi) is 4.90. The molecule has 4 atom stereocenters. The van der Waals surface area contributed by atoms with Crippen LogP contribution >= 0.6 is 0 Å². The first-order chi connectivity index (χ1) is 6.70. The molecule has 1 saturated heterocycles. The fourth-order valence-electron chi connectivity index (χ4n) is 2.47. The van der Waals surface area contributed by atoms with Gasteiger partial charge in [0.25, 0.3) is 0 Å². The third-order valence-electron chi connectivity index (χ3n) is 3.28. The van der Waals surface area contributed by atoms with E-state index in [0.29, 0.717) is 12.0 Å². The van der Waals surface area contributed by atoms with Crippen LogP contribution in [0.25, 0.3) is 0 Å². The van der Waals surface area contributed by atoms with E-state index >= 15 is 0 Å². The van der Waals surface area contributed by atoms with Crippen LogP contribution in [0.1, 0.15) is 52.9 Å². The molecule has 2 aliphatic rings. The van der Waals surface area contributed by atoms with Crippen LogP contribution in [0.3, 0.4) is 0 Å². The Morgan fingerprint density at radius 3 is 2.36 bits per heavy atom. The Labute approximate surface area is 88.2 Å². The summed E-state index contributed by atoms with van der Waals surface area (Å²) >= 11 is 0. The summed E-state index contributed by atoms with van der Waals surface area (Å²) in [5, 5.41) is 0. The molecule has 0 spiro atoms. The zero-order valence-electron chi connectivity index (χ0n) is 9.83. The van der Waals surface area contributed by atoms with E-state index in [1.165, 1.54) is 32.1 Å². The van der Waals surface area contributed by atoms with Gasteiger partial charge in [-0.2, -0.15) is 0 Å². The van der Waals surface area contributed by atoms with Crippen LogP contribution in [0.2, 0.25) is 0 Å². The molecule has 84 valence electrons. The summed E-state index contributed by atoms with van der Waals surface area (Å²) in [6, 6.07) is 0. The van der Waals surface area contributed by atoms with Crippen molar-refractivity contribution in [3.63, 3.8) is 0 Å². The number of rotatable bonds is 0. The number of ether oxygens (including phenoxy) is 1. The quantitative estimate of drug-likeness (QED) is 0.651. The lowest BCUT2D eigenvalue weighted by atomic mass is 9.80. The van der Waals surface area contributed by atoms with Gasteiger partial charge in [-0.15, -0.1) is 0 Å². The molecule has 1 heterocycles. The van der Waals surface area contributed by atoms with Crippen LogP contribution in [0.15, 0.2) is 0 Å². The van der Waals surface area contributed by atoms with Gasteiger partial charge in [0.15, 0.2) is 0 Å². The van der Waals surface area contributed by atoms with Crippen LogP contribution in [0, 0.1) is 11.8 Å². The Hall–Kier alpha value is -0.0800. The molecule has 2 nitrogen and oxygen atoms in total. The summed E-state index contributed by atoms with van der Waals surface area (Å²) in [4.78, 5) is 0. The first-order valence-corrected chi connectivity index (χ1v) is 6.11. The average molecular weight is 199 g/mol. The summed E-state index contributed by atoms with van der Waals surface area (Å²) in [5.74, 6) is 1.35. The monoisotopic (exact) mass is 199 g/mol. The smallest absolute Gasteiger partial charge is 0.108 e. The second-order valence-electron chi connectivity index (χ2n) is 4.65. The number of nitrogens with two attached hydrogens (primary N) is 1.